The zero-order valence-electron chi connectivity index (χ0n) is 14.3. The molecule has 3 rings (SSSR count). The Bertz CT molecular complexity index is 915. The predicted octanol–water partition coefficient (Wildman–Crippen LogP) is 4.33. The zero-order chi connectivity index (χ0) is 19.5. The summed E-state index contributed by atoms with van der Waals surface area (Å²) in [5, 5.41) is 13.1. The van der Waals surface area contributed by atoms with Crippen molar-refractivity contribution < 1.29 is 17.9 Å². The Balaban J connectivity index is 1.72. The van der Waals surface area contributed by atoms with E-state index in [0.717, 1.165) is 16.3 Å². The molecular weight excluding hydrogens is 377 g/mol. The summed E-state index contributed by atoms with van der Waals surface area (Å²) < 4.78 is 43.9. The van der Waals surface area contributed by atoms with Crippen LogP contribution < -0.4 is 4.74 Å². The minimum Gasteiger partial charge on any atom is -0.425 e. The number of nitrogens with zero attached hydrogens (tertiary/aromatic N) is 4. The topological polar surface area (TPSA) is 63.2 Å². The van der Waals surface area contributed by atoms with E-state index in [9.17, 15) is 18.4 Å². The first-order valence-corrected chi connectivity index (χ1v) is 8.92. The minimum absolute atomic E-state index is 0.0868. The van der Waals surface area contributed by atoms with Gasteiger partial charge in [0.15, 0.2) is 11.6 Å². The fourth-order valence-corrected chi connectivity index (χ4v) is 3.50. The number of halogens is 3. The second-order valence-electron chi connectivity index (χ2n) is 5.88. The molecular formula is C18H15F3N4OS. The molecule has 0 bridgehead atoms. The number of aromatic nitrogens is 2. The standard InChI is InChI=1S/C18H15F3N4OS/c1-25-16(9-14(24-25)18(19,20)21)26-15-10-17(12-22,7-8-23-15)27-11-13-5-3-2-4-6-13/h2-9H,10-11H2,1H3. The molecule has 0 saturated heterocycles. The molecule has 1 aliphatic heterocycles. The summed E-state index contributed by atoms with van der Waals surface area (Å²) in [4.78, 5) is 4.06. The fourth-order valence-electron chi connectivity index (χ4n) is 2.43. The quantitative estimate of drug-likeness (QED) is 0.777. The predicted molar refractivity (Wildman–Crippen MR) is 96.1 cm³/mol. The summed E-state index contributed by atoms with van der Waals surface area (Å²) in [6, 6.07) is 12.7. The average molecular weight is 392 g/mol. The van der Waals surface area contributed by atoms with Crippen LogP contribution in [0.15, 0.2) is 53.7 Å². The molecule has 0 radical (unpaired) electrons. The van der Waals surface area contributed by atoms with Crippen molar-refractivity contribution in [3.05, 3.63) is 59.9 Å². The molecule has 0 fully saturated rings. The number of benzene rings is 1. The van der Waals surface area contributed by atoms with Crippen LogP contribution in [0.1, 0.15) is 17.7 Å². The molecule has 9 heteroatoms. The maximum atomic E-state index is 12.8. The number of hydrogen-bond acceptors (Lipinski definition) is 5. The molecule has 27 heavy (non-hydrogen) atoms. The van der Waals surface area contributed by atoms with Gasteiger partial charge in [-0.2, -0.15) is 23.5 Å². The molecule has 1 aromatic heterocycles. The van der Waals surface area contributed by atoms with E-state index in [4.69, 9.17) is 4.74 Å². The number of aliphatic imine (C=N–C) groups is 1. The van der Waals surface area contributed by atoms with Gasteiger partial charge in [0.2, 0.25) is 5.88 Å². The van der Waals surface area contributed by atoms with Crippen LogP contribution in [0.25, 0.3) is 0 Å². The highest BCUT2D eigenvalue weighted by Crippen LogP contribution is 2.36. The van der Waals surface area contributed by atoms with Crippen LogP contribution in [0, 0.1) is 11.3 Å². The summed E-state index contributed by atoms with van der Waals surface area (Å²) in [7, 11) is 1.35. The van der Waals surface area contributed by atoms with Gasteiger partial charge in [-0.3, -0.25) is 0 Å². The largest absolute Gasteiger partial charge is 0.435 e. The Morgan fingerprint density at radius 1 is 1.33 bits per heavy atom. The van der Waals surface area contributed by atoms with E-state index in [-0.39, 0.29) is 18.2 Å². The third kappa shape index (κ3) is 4.52. The lowest BCUT2D eigenvalue weighted by atomic mass is 10.0. The first-order chi connectivity index (χ1) is 12.8. The van der Waals surface area contributed by atoms with Crippen molar-refractivity contribution in [3.8, 4) is 11.9 Å². The van der Waals surface area contributed by atoms with E-state index in [1.54, 1.807) is 6.08 Å². The number of thioether (sulfide) groups is 1. The molecule has 2 heterocycles. The Hall–Kier alpha value is -2.73. The van der Waals surface area contributed by atoms with Crippen molar-refractivity contribution in [1.29, 1.82) is 5.26 Å². The first kappa shape index (κ1) is 19.0. The van der Waals surface area contributed by atoms with Crippen molar-refractivity contribution >= 4 is 17.7 Å². The molecule has 1 aliphatic rings. The number of nitriles is 1. The monoisotopic (exact) mass is 392 g/mol. The van der Waals surface area contributed by atoms with Gasteiger partial charge in [0.1, 0.15) is 4.75 Å². The summed E-state index contributed by atoms with van der Waals surface area (Å²) >= 11 is 1.41. The second kappa shape index (κ2) is 7.48. The zero-order valence-corrected chi connectivity index (χ0v) is 15.1. The van der Waals surface area contributed by atoms with Crippen LogP contribution in [0.4, 0.5) is 13.2 Å². The van der Waals surface area contributed by atoms with Gasteiger partial charge in [0, 0.05) is 25.1 Å². The normalized spacial score (nSPS) is 19.4. The first-order valence-electron chi connectivity index (χ1n) is 7.94. The lowest BCUT2D eigenvalue weighted by Crippen LogP contribution is -2.29. The Kier molecular flexibility index (Phi) is 5.28. The highest BCUT2D eigenvalue weighted by atomic mass is 32.2. The third-order valence-electron chi connectivity index (χ3n) is 3.85. The van der Waals surface area contributed by atoms with Crippen molar-refractivity contribution in [1.82, 2.24) is 9.78 Å². The molecule has 0 saturated carbocycles. The van der Waals surface area contributed by atoms with Gasteiger partial charge in [0.25, 0.3) is 0 Å². The van der Waals surface area contributed by atoms with E-state index in [1.165, 1.54) is 25.0 Å². The molecule has 0 aliphatic carbocycles. The van der Waals surface area contributed by atoms with Crippen LogP contribution in [-0.4, -0.2) is 20.4 Å². The van der Waals surface area contributed by atoms with Gasteiger partial charge < -0.3 is 4.74 Å². The Labute approximate surface area is 158 Å². The van der Waals surface area contributed by atoms with Gasteiger partial charge in [-0.05, 0) is 11.6 Å². The van der Waals surface area contributed by atoms with Crippen LogP contribution in [-0.2, 0) is 19.0 Å². The van der Waals surface area contributed by atoms with Gasteiger partial charge in [0.05, 0.1) is 12.5 Å². The lowest BCUT2D eigenvalue weighted by molar-refractivity contribution is -0.141. The van der Waals surface area contributed by atoms with Crippen LogP contribution in [0.5, 0.6) is 5.88 Å². The molecule has 5 nitrogen and oxygen atoms in total. The molecule has 2 aromatic rings. The molecule has 1 unspecified atom stereocenters. The van der Waals surface area contributed by atoms with E-state index < -0.39 is 16.6 Å². The average Bonchev–Trinajstić information content (AvgIpc) is 3.02. The number of rotatable bonds is 4. The smallest absolute Gasteiger partial charge is 0.425 e. The summed E-state index contributed by atoms with van der Waals surface area (Å²) in [6.07, 6.45) is -1.29. The van der Waals surface area contributed by atoms with E-state index in [1.807, 2.05) is 30.3 Å². The molecule has 0 amide bonds. The van der Waals surface area contributed by atoms with E-state index >= 15 is 0 Å². The van der Waals surface area contributed by atoms with Crippen LogP contribution >= 0.6 is 11.8 Å². The fraction of sp³-hybridized carbons (Fsp3) is 0.278. The number of hydrogen-bond donors (Lipinski definition) is 0. The molecule has 0 spiro atoms. The van der Waals surface area contributed by atoms with Crippen LogP contribution in [0.2, 0.25) is 0 Å². The highest BCUT2D eigenvalue weighted by molar-refractivity contribution is 8.00. The van der Waals surface area contributed by atoms with E-state index in [2.05, 4.69) is 16.2 Å². The van der Waals surface area contributed by atoms with Gasteiger partial charge in [-0.25, -0.2) is 9.67 Å². The summed E-state index contributed by atoms with van der Waals surface area (Å²) in [6.45, 7) is 0. The molecule has 0 N–H and O–H groups in total. The van der Waals surface area contributed by atoms with Crippen molar-refractivity contribution in [2.75, 3.05) is 0 Å². The van der Waals surface area contributed by atoms with Crippen molar-refractivity contribution in [3.63, 3.8) is 0 Å². The number of ether oxygens (including phenoxy) is 1. The Morgan fingerprint density at radius 2 is 2.07 bits per heavy atom. The lowest BCUT2D eigenvalue weighted by Gasteiger charge is -2.25. The van der Waals surface area contributed by atoms with Gasteiger partial charge in [-0.1, -0.05) is 30.3 Å². The van der Waals surface area contributed by atoms with Crippen molar-refractivity contribution in [2.24, 2.45) is 12.0 Å². The maximum Gasteiger partial charge on any atom is 0.435 e. The maximum absolute atomic E-state index is 12.8. The van der Waals surface area contributed by atoms with Crippen molar-refractivity contribution in [2.45, 2.75) is 23.1 Å². The van der Waals surface area contributed by atoms with Gasteiger partial charge >= 0.3 is 6.18 Å². The van der Waals surface area contributed by atoms with Crippen LogP contribution in [0.3, 0.4) is 0 Å². The summed E-state index contributed by atoms with van der Waals surface area (Å²) in [5.41, 5.74) is 0.0221. The molecule has 140 valence electrons. The van der Waals surface area contributed by atoms with E-state index in [0.29, 0.717) is 5.75 Å². The number of aryl methyl sites for hydroxylation is 1. The minimum atomic E-state index is -4.56. The molecule has 1 aromatic carbocycles. The van der Waals surface area contributed by atoms with Gasteiger partial charge in [-0.15, -0.1) is 11.8 Å². The molecule has 1 atom stereocenters. The third-order valence-corrected chi connectivity index (χ3v) is 5.22. The number of alkyl halides is 3. The Morgan fingerprint density at radius 3 is 2.70 bits per heavy atom. The highest BCUT2D eigenvalue weighted by Gasteiger charge is 2.36. The second-order valence-corrected chi connectivity index (χ2v) is 7.19. The SMILES string of the molecule is Cn1nc(C(F)(F)F)cc1OC1=NC=CC(C#N)(SCc2ccccc2)C1. The summed E-state index contributed by atoms with van der Waals surface area (Å²) in [5.74, 6) is 0.684.